The first kappa shape index (κ1) is 17.6. The van der Waals surface area contributed by atoms with Crippen LogP contribution in [-0.4, -0.2) is 16.8 Å². The van der Waals surface area contributed by atoms with Gasteiger partial charge in [0.25, 0.3) is 0 Å². The number of nitrogens with zero attached hydrogens (tertiary/aromatic N) is 1. The average Bonchev–Trinajstić information content (AvgIpc) is 3.13. The summed E-state index contributed by atoms with van der Waals surface area (Å²) in [7, 11) is 0. The quantitative estimate of drug-likeness (QED) is 0.640. The summed E-state index contributed by atoms with van der Waals surface area (Å²) in [6, 6.07) is 20.3. The number of hydrogen-bond acceptors (Lipinski definition) is 3. The molecule has 0 aliphatic heterocycles. The molecular weight excluding hydrogens is 360 g/mol. The van der Waals surface area contributed by atoms with E-state index in [9.17, 15) is 4.79 Å². The lowest BCUT2D eigenvalue weighted by molar-refractivity contribution is -0.113. The Hall–Kier alpha value is -2.85. The summed E-state index contributed by atoms with van der Waals surface area (Å²) in [5.41, 5.74) is 4.68. The predicted octanol–water partition coefficient (Wildman–Crippen LogP) is 4.93. The van der Waals surface area contributed by atoms with E-state index in [1.165, 1.54) is 16.7 Å². The van der Waals surface area contributed by atoms with Crippen LogP contribution in [0.15, 0.2) is 66.9 Å². The maximum absolute atomic E-state index is 11.3. The lowest BCUT2D eigenvalue weighted by atomic mass is 9.96. The molecule has 0 bridgehead atoms. The minimum absolute atomic E-state index is 0.0860. The van der Waals surface area contributed by atoms with Gasteiger partial charge in [0.2, 0.25) is 11.8 Å². The Bertz CT molecular complexity index is 942. The second kappa shape index (κ2) is 7.80. The number of benzene rings is 2. The molecular formula is C22H19ClN2O2. The molecule has 0 fully saturated rings. The van der Waals surface area contributed by atoms with Crippen LogP contribution < -0.4 is 10.1 Å². The number of pyridine rings is 1. The van der Waals surface area contributed by atoms with E-state index in [1.54, 1.807) is 18.3 Å². The van der Waals surface area contributed by atoms with Crippen molar-refractivity contribution in [2.24, 2.45) is 0 Å². The fourth-order valence-electron chi connectivity index (χ4n) is 3.45. The fourth-order valence-corrected chi connectivity index (χ4v) is 3.52. The smallest absolute Gasteiger partial charge is 0.239 e. The minimum atomic E-state index is -0.265. The third-order valence-electron chi connectivity index (χ3n) is 4.75. The van der Waals surface area contributed by atoms with E-state index in [0.717, 1.165) is 18.6 Å². The van der Waals surface area contributed by atoms with Gasteiger partial charge >= 0.3 is 0 Å². The summed E-state index contributed by atoms with van der Waals surface area (Å²) in [5.74, 6) is 1.43. The van der Waals surface area contributed by atoms with Gasteiger partial charge in [-0.3, -0.25) is 4.79 Å². The van der Waals surface area contributed by atoms with E-state index in [0.29, 0.717) is 17.5 Å². The Balaban J connectivity index is 1.44. The Morgan fingerprint density at radius 3 is 2.63 bits per heavy atom. The zero-order valence-corrected chi connectivity index (χ0v) is 15.4. The largest absolute Gasteiger partial charge is 0.439 e. The first-order chi connectivity index (χ1) is 13.2. The predicted molar refractivity (Wildman–Crippen MR) is 107 cm³/mol. The summed E-state index contributed by atoms with van der Waals surface area (Å²) in [4.78, 5) is 15.5. The zero-order chi connectivity index (χ0) is 18.6. The number of alkyl halides is 1. The van der Waals surface area contributed by atoms with Gasteiger partial charge in [0.05, 0.1) is 11.9 Å². The van der Waals surface area contributed by atoms with E-state index in [4.69, 9.17) is 16.3 Å². The molecule has 1 N–H and O–H groups in total. The topological polar surface area (TPSA) is 51.2 Å². The van der Waals surface area contributed by atoms with E-state index in [-0.39, 0.29) is 11.8 Å². The van der Waals surface area contributed by atoms with Gasteiger partial charge in [-0.2, -0.15) is 0 Å². The maximum Gasteiger partial charge on any atom is 0.239 e. The van der Waals surface area contributed by atoms with E-state index in [2.05, 4.69) is 52.8 Å². The second-order valence-corrected chi connectivity index (χ2v) is 6.88. The molecule has 3 aromatic rings. The van der Waals surface area contributed by atoms with Crippen LogP contribution in [0.25, 0.3) is 0 Å². The van der Waals surface area contributed by atoms with E-state index < -0.39 is 0 Å². The van der Waals surface area contributed by atoms with Gasteiger partial charge in [-0.05, 0) is 53.6 Å². The Morgan fingerprint density at radius 1 is 1.07 bits per heavy atom. The van der Waals surface area contributed by atoms with Crippen molar-refractivity contribution < 1.29 is 9.53 Å². The lowest BCUT2D eigenvalue weighted by Crippen LogP contribution is -2.12. The highest BCUT2D eigenvalue weighted by Crippen LogP contribution is 2.36. The van der Waals surface area contributed by atoms with Gasteiger partial charge in [-0.1, -0.05) is 36.4 Å². The summed E-state index contributed by atoms with van der Waals surface area (Å²) < 4.78 is 5.88. The molecule has 5 heteroatoms. The molecule has 2 aromatic carbocycles. The zero-order valence-electron chi connectivity index (χ0n) is 14.7. The molecule has 0 saturated carbocycles. The number of nitrogens with one attached hydrogen (secondary N) is 1. The third kappa shape index (κ3) is 4.12. The Labute approximate surface area is 163 Å². The highest BCUT2D eigenvalue weighted by atomic mass is 35.5. The maximum atomic E-state index is 11.3. The van der Waals surface area contributed by atoms with Crippen LogP contribution in [0, 0.1) is 0 Å². The molecule has 0 saturated heterocycles. The molecule has 1 amide bonds. The van der Waals surface area contributed by atoms with Crippen molar-refractivity contribution in [3.05, 3.63) is 83.6 Å². The van der Waals surface area contributed by atoms with Crippen molar-refractivity contribution in [1.29, 1.82) is 0 Å². The highest BCUT2D eigenvalue weighted by molar-refractivity contribution is 6.29. The number of fused-ring (bicyclic) bond motifs is 1. The number of aromatic nitrogens is 1. The van der Waals surface area contributed by atoms with Gasteiger partial charge in [-0.15, -0.1) is 11.6 Å². The van der Waals surface area contributed by atoms with Crippen molar-refractivity contribution in [3.63, 3.8) is 0 Å². The number of halogens is 1. The summed E-state index contributed by atoms with van der Waals surface area (Å²) in [6.45, 7) is 0. The molecule has 1 heterocycles. The number of rotatable bonds is 5. The number of hydrogen-bond donors (Lipinski definition) is 1. The molecule has 4 rings (SSSR count). The Morgan fingerprint density at radius 2 is 1.89 bits per heavy atom. The monoisotopic (exact) mass is 378 g/mol. The molecule has 4 nitrogen and oxygen atoms in total. The number of anilines is 1. The first-order valence-electron chi connectivity index (χ1n) is 8.88. The average molecular weight is 379 g/mol. The molecule has 1 aromatic heterocycles. The van der Waals surface area contributed by atoms with Crippen molar-refractivity contribution in [3.8, 4) is 11.6 Å². The van der Waals surface area contributed by atoms with Crippen molar-refractivity contribution in [2.45, 2.75) is 18.8 Å². The fraction of sp³-hybridized carbons (Fsp3) is 0.182. The summed E-state index contributed by atoms with van der Waals surface area (Å²) in [5, 5.41) is 2.65. The molecule has 1 atom stereocenters. The van der Waals surface area contributed by atoms with Crippen LogP contribution in [0.5, 0.6) is 11.6 Å². The van der Waals surface area contributed by atoms with Crippen molar-refractivity contribution in [2.75, 3.05) is 11.2 Å². The molecule has 1 aliphatic carbocycles. The van der Waals surface area contributed by atoms with Crippen molar-refractivity contribution >= 4 is 23.2 Å². The second-order valence-electron chi connectivity index (χ2n) is 6.62. The van der Waals surface area contributed by atoms with Gasteiger partial charge in [0.15, 0.2) is 0 Å². The normalized spacial score (nSPS) is 15.2. The standard InChI is InChI=1S/C22H19ClN2O2/c23-13-21(26)25-19-7-9-22(24-14-19)27-20-8-6-16-10-17(11-18(16)12-20)15-4-2-1-3-5-15/h1-9,12,14,17H,10-11,13H2,(H,25,26). The number of amides is 1. The van der Waals surface area contributed by atoms with Crippen LogP contribution in [0.2, 0.25) is 0 Å². The molecule has 1 unspecified atom stereocenters. The SMILES string of the molecule is O=C(CCl)Nc1ccc(Oc2ccc3c(c2)CC(c2ccccc2)C3)nc1. The number of carbonyl (C=O) groups is 1. The van der Waals surface area contributed by atoms with Gasteiger partial charge in [-0.25, -0.2) is 4.98 Å². The third-order valence-corrected chi connectivity index (χ3v) is 4.99. The summed E-state index contributed by atoms with van der Waals surface area (Å²) >= 11 is 5.48. The van der Waals surface area contributed by atoms with Gasteiger partial charge in [0, 0.05) is 6.07 Å². The van der Waals surface area contributed by atoms with Crippen LogP contribution in [-0.2, 0) is 17.6 Å². The van der Waals surface area contributed by atoms with Gasteiger partial charge in [0.1, 0.15) is 11.6 Å². The van der Waals surface area contributed by atoms with E-state index >= 15 is 0 Å². The molecule has 0 radical (unpaired) electrons. The van der Waals surface area contributed by atoms with Crippen molar-refractivity contribution in [1.82, 2.24) is 4.98 Å². The minimum Gasteiger partial charge on any atom is -0.439 e. The number of carbonyl (C=O) groups excluding carboxylic acids is 1. The number of ether oxygens (including phenoxy) is 1. The van der Waals surface area contributed by atoms with Crippen LogP contribution in [0.4, 0.5) is 5.69 Å². The Kier molecular flexibility index (Phi) is 5.07. The van der Waals surface area contributed by atoms with E-state index in [1.807, 2.05) is 6.07 Å². The lowest BCUT2D eigenvalue weighted by Gasteiger charge is -2.08. The van der Waals surface area contributed by atoms with Gasteiger partial charge < -0.3 is 10.1 Å². The molecule has 1 aliphatic rings. The molecule has 136 valence electrons. The van der Waals surface area contributed by atoms with Crippen LogP contribution in [0.1, 0.15) is 22.6 Å². The molecule has 0 spiro atoms. The molecule has 27 heavy (non-hydrogen) atoms. The van der Waals surface area contributed by atoms with Crippen LogP contribution in [0.3, 0.4) is 0 Å². The highest BCUT2D eigenvalue weighted by Gasteiger charge is 2.23. The summed E-state index contributed by atoms with van der Waals surface area (Å²) in [6.07, 6.45) is 3.64. The first-order valence-corrected chi connectivity index (χ1v) is 9.41. The van der Waals surface area contributed by atoms with Crippen LogP contribution >= 0.6 is 11.6 Å².